The number of fused-ring (bicyclic) bond motifs is 2. The molecular weight excluding hydrogens is 376 g/mol. The Labute approximate surface area is 177 Å². The van der Waals surface area contributed by atoms with Crippen molar-refractivity contribution in [1.82, 2.24) is 9.88 Å². The number of allylic oxidation sites excluding steroid dienone is 1. The molecule has 0 saturated carbocycles. The Hall–Kier alpha value is -2.27. The fourth-order valence-corrected chi connectivity index (χ4v) is 5.93. The molecule has 1 saturated heterocycles. The standard InChI is InChI=1S/C24H28N4S/c1-15-13-24(3,4)27(5)20-10-9-17(12-18(15)20)22-21(19-8-6-7-11-25-19)26-23-28(22)14-16(2)29-23/h6-13,16,21-22H,14H2,1-5H3/t16-,21+,22-/m1/s1. The van der Waals surface area contributed by atoms with Crippen LogP contribution in [0.1, 0.15) is 56.6 Å². The second kappa shape index (κ2) is 6.63. The summed E-state index contributed by atoms with van der Waals surface area (Å²) in [5.41, 5.74) is 6.39. The van der Waals surface area contributed by atoms with Gasteiger partial charge in [-0.2, -0.15) is 0 Å². The van der Waals surface area contributed by atoms with Crippen LogP contribution >= 0.6 is 11.8 Å². The van der Waals surface area contributed by atoms with E-state index < -0.39 is 0 Å². The first-order valence-corrected chi connectivity index (χ1v) is 11.2. The van der Waals surface area contributed by atoms with E-state index in [2.05, 4.69) is 85.9 Å². The zero-order chi connectivity index (χ0) is 20.3. The van der Waals surface area contributed by atoms with E-state index in [1.165, 1.54) is 27.6 Å². The molecule has 4 heterocycles. The van der Waals surface area contributed by atoms with Crippen LogP contribution in [0.15, 0.2) is 53.7 Å². The molecule has 1 aromatic heterocycles. The molecule has 5 rings (SSSR count). The lowest BCUT2D eigenvalue weighted by molar-refractivity contribution is 0.321. The molecule has 0 unspecified atom stereocenters. The summed E-state index contributed by atoms with van der Waals surface area (Å²) in [6.45, 7) is 10.1. The lowest BCUT2D eigenvalue weighted by atomic mass is 9.86. The monoisotopic (exact) mass is 404 g/mol. The van der Waals surface area contributed by atoms with Gasteiger partial charge in [-0.05, 0) is 56.2 Å². The van der Waals surface area contributed by atoms with Gasteiger partial charge in [-0.15, -0.1) is 0 Å². The molecule has 0 spiro atoms. The van der Waals surface area contributed by atoms with Gasteiger partial charge in [0.15, 0.2) is 5.17 Å². The van der Waals surface area contributed by atoms with Crippen LogP contribution in [0.3, 0.4) is 0 Å². The van der Waals surface area contributed by atoms with Crippen LogP contribution in [0.5, 0.6) is 0 Å². The Bertz CT molecular complexity index is 1010. The largest absolute Gasteiger partial charge is 0.366 e. The van der Waals surface area contributed by atoms with Crippen LogP contribution in [-0.4, -0.2) is 39.4 Å². The summed E-state index contributed by atoms with van der Waals surface area (Å²) < 4.78 is 0. The number of amidine groups is 1. The molecule has 3 aliphatic heterocycles. The Morgan fingerprint density at radius 1 is 1.17 bits per heavy atom. The zero-order valence-electron chi connectivity index (χ0n) is 17.8. The van der Waals surface area contributed by atoms with Gasteiger partial charge in [-0.25, -0.2) is 0 Å². The lowest BCUT2D eigenvalue weighted by Crippen LogP contribution is -2.42. The number of hydrogen-bond acceptors (Lipinski definition) is 5. The van der Waals surface area contributed by atoms with Crippen molar-refractivity contribution < 1.29 is 0 Å². The fourth-order valence-electron chi connectivity index (χ4n) is 4.84. The van der Waals surface area contributed by atoms with E-state index in [4.69, 9.17) is 4.99 Å². The quantitative estimate of drug-likeness (QED) is 0.679. The minimum Gasteiger partial charge on any atom is -0.366 e. The molecule has 150 valence electrons. The van der Waals surface area contributed by atoms with Crippen LogP contribution in [0, 0.1) is 0 Å². The smallest absolute Gasteiger partial charge is 0.160 e. The van der Waals surface area contributed by atoms with Crippen LogP contribution in [0.4, 0.5) is 5.69 Å². The number of thioether (sulfide) groups is 1. The summed E-state index contributed by atoms with van der Waals surface area (Å²) in [7, 11) is 2.19. The van der Waals surface area contributed by atoms with E-state index in [-0.39, 0.29) is 17.6 Å². The predicted molar refractivity (Wildman–Crippen MR) is 123 cm³/mol. The highest BCUT2D eigenvalue weighted by Crippen LogP contribution is 2.49. The zero-order valence-corrected chi connectivity index (χ0v) is 18.6. The molecule has 1 fully saturated rings. The van der Waals surface area contributed by atoms with Crippen molar-refractivity contribution in [3.05, 3.63) is 65.5 Å². The molecule has 0 radical (unpaired) electrons. The van der Waals surface area contributed by atoms with Gasteiger partial charge < -0.3 is 9.80 Å². The molecule has 0 N–H and O–H groups in total. The minimum absolute atomic E-state index is 0.0275. The van der Waals surface area contributed by atoms with E-state index in [9.17, 15) is 0 Å². The van der Waals surface area contributed by atoms with E-state index in [0.717, 1.165) is 12.2 Å². The van der Waals surface area contributed by atoms with Crippen LogP contribution in [0.25, 0.3) is 5.57 Å². The first-order chi connectivity index (χ1) is 13.8. The van der Waals surface area contributed by atoms with E-state index in [1.807, 2.05) is 24.0 Å². The minimum atomic E-state index is 0.0275. The maximum atomic E-state index is 5.12. The topological polar surface area (TPSA) is 31.7 Å². The average Bonchev–Trinajstić information content (AvgIpc) is 3.22. The summed E-state index contributed by atoms with van der Waals surface area (Å²) in [4.78, 5) is 14.6. The molecule has 0 bridgehead atoms. The average molecular weight is 405 g/mol. The molecular formula is C24H28N4S. The number of aliphatic imine (C=N–C) groups is 1. The number of nitrogens with zero attached hydrogens (tertiary/aromatic N) is 4. The summed E-state index contributed by atoms with van der Waals surface area (Å²) in [5.74, 6) is 0. The van der Waals surface area contributed by atoms with Crippen LogP contribution < -0.4 is 4.90 Å². The van der Waals surface area contributed by atoms with Gasteiger partial charge in [0.1, 0.15) is 6.04 Å². The highest BCUT2D eigenvalue weighted by Gasteiger charge is 2.44. The maximum absolute atomic E-state index is 5.12. The fraction of sp³-hybridized carbons (Fsp3) is 0.417. The first-order valence-electron chi connectivity index (χ1n) is 10.3. The third-order valence-electron chi connectivity index (χ3n) is 6.46. The van der Waals surface area contributed by atoms with E-state index in [0.29, 0.717) is 5.25 Å². The highest BCUT2D eigenvalue weighted by atomic mass is 32.2. The van der Waals surface area contributed by atoms with Gasteiger partial charge in [0.05, 0.1) is 17.3 Å². The van der Waals surface area contributed by atoms with E-state index in [1.54, 1.807) is 0 Å². The third kappa shape index (κ3) is 2.98. The van der Waals surface area contributed by atoms with Gasteiger partial charge in [0.25, 0.3) is 0 Å². The Morgan fingerprint density at radius 2 is 2.00 bits per heavy atom. The van der Waals surface area contributed by atoms with E-state index >= 15 is 0 Å². The van der Waals surface area contributed by atoms with Gasteiger partial charge in [-0.3, -0.25) is 9.98 Å². The SMILES string of the molecule is CC1=CC(C)(C)N(C)c2ccc([C@@H]3[C@H](c4ccccn4)N=C4S[C@H](C)CN43)cc21. The predicted octanol–water partition coefficient (Wildman–Crippen LogP) is 5.30. The summed E-state index contributed by atoms with van der Waals surface area (Å²) in [6, 6.07) is 13.4. The van der Waals surface area contributed by atoms with Crippen molar-refractivity contribution in [1.29, 1.82) is 0 Å². The molecule has 1 aromatic carbocycles. The molecule has 4 nitrogen and oxygen atoms in total. The number of aromatic nitrogens is 1. The summed E-state index contributed by atoms with van der Waals surface area (Å²) in [5, 5.41) is 1.74. The molecule has 0 amide bonds. The number of hydrogen-bond donors (Lipinski definition) is 0. The van der Waals surface area contributed by atoms with Crippen molar-refractivity contribution >= 4 is 28.2 Å². The second-order valence-electron chi connectivity index (χ2n) is 8.95. The second-order valence-corrected chi connectivity index (χ2v) is 10.4. The first kappa shape index (κ1) is 18.7. The molecule has 3 aliphatic rings. The van der Waals surface area contributed by atoms with Gasteiger partial charge in [-0.1, -0.05) is 36.9 Å². The van der Waals surface area contributed by atoms with Gasteiger partial charge >= 0.3 is 0 Å². The summed E-state index contributed by atoms with van der Waals surface area (Å²) in [6.07, 6.45) is 4.25. The van der Waals surface area contributed by atoms with Crippen molar-refractivity contribution in [2.45, 2.75) is 50.6 Å². The third-order valence-corrected chi connectivity index (χ3v) is 7.57. The molecule has 0 aliphatic carbocycles. The summed E-state index contributed by atoms with van der Waals surface area (Å²) >= 11 is 1.89. The van der Waals surface area contributed by atoms with Crippen molar-refractivity contribution in [2.24, 2.45) is 4.99 Å². The van der Waals surface area contributed by atoms with Crippen LogP contribution in [0.2, 0.25) is 0 Å². The van der Waals surface area contributed by atoms with Crippen molar-refractivity contribution in [2.75, 3.05) is 18.5 Å². The van der Waals surface area contributed by atoms with Crippen molar-refractivity contribution in [3.63, 3.8) is 0 Å². The Balaban J connectivity index is 1.60. The van der Waals surface area contributed by atoms with Gasteiger partial charge in [0, 0.05) is 36.3 Å². The molecule has 29 heavy (non-hydrogen) atoms. The molecule has 2 aromatic rings. The Kier molecular flexibility index (Phi) is 4.28. The number of benzene rings is 1. The number of pyridine rings is 1. The number of anilines is 1. The molecule has 3 atom stereocenters. The lowest BCUT2D eigenvalue weighted by Gasteiger charge is -2.41. The highest BCUT2D eigenvalue weighted by molar-refractivity contribution is 8.14. The van der Waals surface area contributed by atoms with Crippen molar-refractivity contribution in [3.8, 4) is 0 Å². The Morgan fingerprint density at radius 3 is 2.76 bits per heavy atom. The molecule has 5 heteroatoms. The normalized spacial score (nSPS) is 27.4. The van der Waals surface area contributed by atoms with Crippen LogP contribution in [-0.2, 0) is 0 Å². The number of likely N-dealkylation sites (N-methyl/N-ethyl adjacent to an activating group) is 1. The maximum Gasteiger partial charge on any atom is 0.160 e. The van der Waals surface area contributed by atoms with Gasteiger partial charge in [0.2, 0.25) is 0 Å². The number of rotatable bonds is 2.